The highest BCUT2D eigenvalue weighted by Crippen LogP contribution is 2.24. The molecule has 1 aliphatic heterocycles. The van der Waals surface area contributed by atoms with E-state index < -0.39 is 0 Å². The van der Waals surface area contributed by atoms with Gasteiger partial charge in [-0.2, -0.15) is 0 Å². The van der Waals surface area contributed by atoms with Crippen molar-refractivity contribution in [2.45, 2.75) is 49.4 Å². The van der Waals surface area contributed by atoms with E-state index in [1.807, 2.05) is 23.4 Å². The van der Waals surface area contributed by atoms with Gasteiger partial charge in [0.25, 0.3) is 0 Å². The van der Waals surface area contributed by atoms with Crippen LogP contribution in [-0.4, -0.2) is 49.8 Å². The highest BCUT2D eigenvalue weighted by atomic mass is 32.2. The summed E-state index contributed by atoms with van der Waals surface area (Å²) in [5.74, 6) is 0.510. The molecule has 0 spiro atoms. The number of nitrogens with two attached hydrogens (primary N) is 1. The van der Waals surface area contributed by atoms with Crippen LogP contribution in [0.4, 0.5) is 0 Å². The van der Waals surface area contributed by atoms with Crippen molar-refractivity contribution in [3.05, 3.63) is 5.82 Å². The molecule has 0 saturated carbocycles. The number of hydrogen-bond acceptors (Lipinski definition) is 5. The summed E-state index contributed by atoms with van der Waals surface area (Å²) in [5.41, 5.74) is 5.15. The number of carbonyl (C=O) groups is 2. The number of piperidine rings is 1. The molecular weight excluding hydrogens is 302 g/mol. The van der Waals surface area contributed by atoms with E-state index >= 15 is 0 Å². The molecule has 2 N–H and O–H groups in total. The standard InChI is InChI=1S/C14H23N5O2S/c1-10(13(21)19-8-4-3-5-9-19)22-14-17-16-12(18(14)2)7-6-11(15)20/h10H,3-9H2,1-2H3,(H2,15,20)/t10-/m1/s1. The van der Waals surface area contributed by atoms with Crippen LogP contribution < -0.4 is 5.73 Å². The van der Waals surface area contributed by atoms with Gasteiger partial charge in [0.1, 0.15) is 5.82 Å². The Morgan fingerprint density at radius 3 is 2.59 bits per heavy atom. The maximum atomic E-state index is 12.4. The molecule has 1 atom stereocenters. The Kier molecular flexibility index (Phi) is 5.82. The lowest BCUT2D eigenvalue weighted by Gasteiger charge is -2.28. The summed E-state index contributed by atoms with van der Waals surface area (Å²) in [7, 11) is 1.84. The van der Waals surface area contributed by atoms with Crippen molar-refractivity contribution in [1.29, 1.82) is 0 Å². The van der Waals surface area contributed by atoms with E-state index in [4.69, 9.17) is 5.73 Å². The average Bonchev–Trinajstić information content (AvgIpc) is 2.86. The van der Waals surface area contributed by atoms with Gasteiger partial charge in [-0.25, -0.2) is 0 Å². The van der Waals surface area contributed by atoms with E-state index in [9.17, 15) is 9.59 Å². The molecule has 2 amide bonds. The zero-order valence-electron chi connectivity index (χ0n) is 13.1. The number of aromatic nitrogens is 3. The van der Waals surface area contributed by atoms with Gasteiger partial charge in [0.2, 0.25) is 11.8 Å². The third kappa shape index (κ3) is 4.22. The lowest BCUT2D eigenvalue weighted by Crippen LogP contribution is -2.40. The Morgan fingerprint density at radius 1 is 1.27 bits per heavy atom. The van der Waals surface area contributed by atoms with Crippen LogP contribution in [0.1, 0.15) is 38.4 Å². The molecular formula is C14H23N5O2S. The molecule has 122 valence electrons. The van der Waals surface area contributed by atoms with Gasteiger partial charge < -0.3 is 15.2 Å². The quantitative estimate of drug-likeness (QED) is 0.778. The Balaban J connectivity index is 1.94. The van der Waals surface area contributed by atoms with Crippen LogP contribution >= 0.6 is 11.8 Å². The number of hydrogen-bond donors (Lipinski definition) is 1. The number of thioether (sulfide) groups is 1. The number of primary amides is 1. The molecule has 22 heavy (non-hydrogen) atoms. The van der Waals surface area contributed by atoms with Crippen molar-refractivity contribution in [1.82, 2.24) is 19.7 Å². The van der Waals surface area contributed by atoms with Crippen molar-refractivity contribution in [3.63, 3.8) is 0 Å². The first-order chi connectivity index (χ1) is 10.5. The summed E-state index contributed by atoms with van der Waals surface area (Å²) in [6, 6.07) is 0. The van der Waals surface area contributed by atoms with Gasteiger partial charge in [-0.05, 0) is 26.2 Å². The molecule has 1 aliphatic rings. The van der Waals surface area contributed by atoms with Crippen molar-refractivity contribution < 1.29 is 9.59 Å². The fraction of sp³-hybridized carbons (Fsp3) is 0.714. The molecule has 0 radical (unpaired) electrons. The molecule has 1 fully saturated rings. The predicted octanol–water partition coefficient (Wildman–Crippen LogP) is 0.726. The maximum absolute atomic E-state index is 12.4. The van der Waals surface area contributed by atoms with Crippen LogP contribution in [0.15, 0.2) is 5.16 Å². The summed E-state index contributed by atoms with van der Waals surface area (Å²) >= 11 is 1.41. The zero-order valence-corrected chi connectivity index (χ0v) is 13.9. The normalized spacial score (nSPS) is 16.5. The molecule has 0 aliphatic carbocycles. The second-order valence-corrected chi connectivity index (χ2v) is 6.88. The van der Waals surface area contributed by atoms with Crippen LogP contribution in [0, 0.1) is 0 Å². The minimum absolute atomic E-state index is 0.159. The van der Waals surface area contributed by atoms with Gasteiger partial charge in [0.15, 0.2) is 5.16 Å². The Labute approximate surface area is 134 Å². The third-order valence-electron chi connectivity index (χ3n) is 3.82. The molecule has 1 saturated heterocycles. The van der Waals surface area contributed by atoms with Crippen molar-refractivity contribution in [3.8, 4) is 0 Å². The van der Waals surface area contributed by atoms with E-state index in [1.165, 1.54) is 18.2 Å². The smallest absolute Gasteiger partial charge is 0.235 e. The molecule has 1 aromatic rings. The molecule has 8 heteroatoms. The van der Waals surface area contributed by atoms with Crippen LogP contribution in [-0.2, 0) is 23.1 Å². The SMILES string of the molecule is C[C@@H](Sc1nnc(CCC(N)=O)n1C)C(=O)N1CCCCC1. The molecule has 2 heterocycles. The molecule has 0 aromatic carbocycles. The maximum Gasteiger partial charge on any atom is 0.235 e. The number of rotatable bonds is 6. The summed E-state index contributed by atoms with van der Waals surface area (Å²) in [6.07, 6.45) is 4.10. The number of aryl methyl sites for hydroxylation is 1. The summed E-state index contributed by atoms with van der Waals surface area (Å²) < 4.78 is 1.83. The summed E-state index contributed by atoms with van der Waals surface area (Å²) in [5, 5.41) is 8.69. The van der Waals surface area contributed by atoms with E-state index in [2.05, 4.69) is 10.2 Å². The molecule has 2 rings (SSSR count). The highest BCUT2D eigenvalue weighted by molar-refractivity contribution is 8.00. The minimum Gasteiger partial charge on any atom is -0.370 e. The lowest BCUT2D eigenvalue weighted by atomic mass is 10.1. The predicted molar refractivity (Wildman–Crippen MR) is 84.3 cm³/mol. The topological polar surface area (TPSA) is 94.1 Å². The zero-order chi connectivity index (χ0) is 16.1. The van der Waals surface area contributed by atoms with Crippen LogP contribution in [0.5, 0.6) is 0 Å². The first-order valence-electron chi connectivity index (χ1n) is 7.61. The van der Waals surface area contributed by atoms with E-state index in [-0.39, 0.29) is 23.5 Å². The average molecular weight is 325 g/mol. The van der Waals surface area contributed by atoms with Gasteiger partial charge in [0, 0.05) is 33.0 Å². The minimum atomic E-state index is -0.356. The summed E-state index contributed by atoms with van der Waals surface area (Å²) in [4.78, 5) is 25.2. The second-order valence-electron chi connectivity index (χ2n) is 5.57. The van der Waals surface area contributed by atoms with Crippen LogP contribution in [0.2, 0.25) is 0 Å². The Bertz CT molecular complexity index is 539. The first-order valence-corrected chi connectivity index (χ1v) is 8.49. The Hall–Kier alpha value is -1.57. The summed E-state index contributed by atoms with van der Waals surface area (Å²) in [6.45, 7) is 3.61. The molecule has 7 nitrogen and oxygen atoms in total. The van der Waals surface area contributed by atoms with Gasteiger partial charge in [0.05, 0.1) is 5.25 Å². The van der Waals surface area contributed by atoms with Crippen LogP contribution in [0.25, 0.3) is 0 Å². The Morgan fingerprint density at radius 2 is 1.95 bits per heavy atom. The largest absolute Gasteiger partial charge is 0.370 e. The first kappa shape index (κ1) is 16.8. The fourth-order valence-electron chi connectivity index (χ4n) is 2.48. The van der Waals surface area contributed by atoms with Crippen molar-refractivity contribution in [2.75, 3.05) is 13.1 Å². The number of nitrogens with zero attached hydrogens (tertiary/aromatic N) is 4. The van der Waals surface area contributed by atoms with Gasteiger partial charge >= 0.3 is 0 Å². The number of carbonyl (C=O) groups excluding carboxylic acids is 2. The van der Waals surface area contributed by atoms with Crippen molar-refractivity contribution >= 4 is 23.6 Å². The van der Waals surface area contributed by atoms with Gasteiger partial charge in [-0.3, -0.25) is 9.59 Å². The second kappa shape index (κ2) is 7.62. The van der Waals surface area contributed by atoms with Gasteiger partial charge in [-0.1, -0.05) is 11.8 Å². The third-order valence-corrected chi connectivity index (χ3v) is 4.94. The van der Waals surface area contributed by atoms with Gasteiger partial charge in [-0.15, -0.1) is 10.2 Å². The highest BCUT2D eigenvalue weighted by Gasteiger charge is 2.24. The lowest BCUT2D eigenvalue weighted by molar-refractivity contribution is -0.131. The van der Waals surface area contributed by atoms with E-state index in [0.717, 1.165) is 25.9 Å². The fourth-order valence-corrected chi connectivity index (χ4v) is 3.40. The van der Waals surface area contributed by atoms with E-state index in [0.29, 0.717) is 17.4 Å². The van der Waals surface area contributed by atoms with Crippen molar-refractivity contribution in [2.24, 2.45) is 12.8 Å². The molecule has 0 bridgehead atoms. The number of likely N-dealkylation sites (tertiary alicyclic amines) is 1. The monoisotopic (exact) mass is 325 g/mol. The van der Waals surface area contributed by atoms with E-state index in [1.54, 1.807) is 0 Å². The molecule has 1 aromatic heterocycles. The number of amides is 2. The van der Waals surface area contributed by atoms with Crippen LogP contribution in [0.3, 0.4) is 0 Å². The molecule has 0 unspecified atom stereocenters.